The van der Waals surface area contributed by atoms with Crippen molar-refractivity contribution < 1.29 is 9.59 Å². The summed E-state index contributed by atoms with van der Waals surface area (Å²) in [7, 11) is 8.12. The molecule has 6 heteroatoms. The summed E-state index contributed by atoms with van der Waals surface area (Å²) in [4.78, 5) is 41.7. The molecule has 0 N–H and O–H groups in total. The normalized spacial score (nSPS) is 12.6. The summed E-state index contributed by atoms with van der Waals surface area (Å²) in [5, 5.41) is 3.62. The molecule has 0 aliphatic heterocycles. The molecule has 0 unspecified atom stereocenters. The number of nitrogens with zero attached hydrogens (tertiary/aromatic N) is 4. The van der Waals surface area contributed by atoms with Crippen molar-refractivity contribution in [3.8, 4) is 22.3 Å². The minimum absolute atomic E-state index is 0.136. The molecular weight excluding hydrogens is 761 g/mol. The Hall–Kier alpha value is -7.96. The van der Waals surface area contributed by atoms with E-state index in [0.717, 1.165) is 77.7 Å². The summed E-state index contributed by atoms with van der Waals surface area (Å²) < 4.78 is 0. The van der Waals surface area contributed by atoms with Gasteiger partial charge in [0.15, 0.2) is 11.6 Å². The van der Waals surface area contributed by atoms with Crippen molar-refractivity contribution in [1.82, 2.24) is 0 Å². The Kier molecular flexibility index (Phi) is 10.8. The highest BCUT2D eigenvalue weighted by Gasteiger charge is 2.31. The predicted octanol–water partition coefficient (Wildman–Crippen LogP) is 13.1. The van der Waals surface area contributed by atoms with Crippen LogP contribution in [0.3, 0.4) is 0 Å². The first-order chi connectivity index (χ1) is 30.2. The Bertz CT molecular complexity index is 2910. The van der Waals surface area contributed by atoms with Gasteiger partial charge in [-0.05, 0) is 152 Å². The number of hydrogen-bond acceptors (Lipinski definition) is 6. The summed E-state index contributed by atoms with van der Waals surface area (Å²) in [6.45, 7) is 0. The molecule has 0 saturated heterocycles. The number of carbonyl (C=O) groups excluding carboxylic acids is 2. The zero-order valence-electron chi connectivity index (χ0n) is 35.1. The quantitative estimate of drug-likeness (QED) is 0.129. The van der Waals surface area contributed by atoms with E-state index >= 15 is 0 Å². The van der Waals surface area contributed by atoms with Gasteiger partial charge in [0.25, 0.3) is 0 Å². The zero-order chi connectivity index (χ0) is 42.7. The van der Waals surface area contributed by atoms with Crippen molar-refractivity contribution in [2.45, 2.75) is 0 Å². The van der Waals surface area contributed by atoms with Gasteiger partial charge in [-0.2, -0.15) is 0 Å². The van der Waals surface area contributed by atoms with E-state index in [2.05, 4.69) is 94.7 Å². The minimum atomic E-state index is -0.136. The summed E-state index contributed by atoms with van der Waals surface area (Å²) in [6.07, 6.45) is 11.6. The molecule has 0 spiro atoms. The summed E-state index contributed by atoms with van der Waals surface area (Å²) in [6, 6.07) is 52.7. The smallest absolute Gasteiger partial charge is 0.194 e. The number of rotatable bonds is 10. The van der Waals surface area contributed by atoms with Crippen LogP contribution < -0.4 is 9.80 Å². The lowest BCUT2D eigenvalue weighted by Crippen LogP contribution is -2.21. The first-order valence-electron chi connectivity index (χ1n) is 20.6. The molecule has 0 heterocycles. The second kappa shape index (κ2) is 17.0. The van der Waals surface area contributed by atoms with Crippen LogP contribution in [0.25, 0.3) is 56.0 Å². The van der Waals surface area contributed by atoms with Crippen LogP contribution in [0.15, 0.2) is 180 Å². The Morgan fingerprint density at radius 1 is 0.387 bits per heavy atom. The van der Waals surface area contributed by atoms with E-state index in [-0.39, 0.29) is 11.6 Å². The number of hydrogen-bond donors (Lipinski definition) is 0. The fourth-order valence-corrected chi connectivity index (χ4v) is 7.90. The number of benzene rings is 8. The summed E-state index contributed by atoms with van der Waals surface area (Å²) in [5.74, 6) is -0.272. The van der Waals surface area contributed by atoms with Crippen LogP contribution in [-0.4, -0.2) is 52.2 Å². The number of allylic oxidation sites excluding steroid dienone is 2. The fraction of sp³-hybridized carbons (Fsp3) is 0.0714. The molecule has 8 aromatic carbocycles. The van der Waals surface area contributed by atoms with Gasteiger partial charge < -0.3 is 9.80 Å². The minimum Gasteiger partial charge on any atom is -0.378 e. The summed E-state index contributed by atoms with van der Waals surface area (Å²) >= 11 is 0. The molecule has 0 amide bonds. The number of ketones is 2. The molecule has 0 atom stereocenters. The largest absolute Gasteiger partial charge is 0.378 e. The van der Waals surface area contributed by atoms with Crippen LogP contribution >= 0.6 is 0 Å². The van der Waals surface area contributed by atoms with Crippen LogP contribution in [0.2, 0.25) is 0 Å². The van der Waals surface area contributed by atoms with E-state index in [9.17, 15) is 9.59 Å². The third kappa shape index (κ3) is 8.14. The van der Waals surface area contributed by atoms with Crippen LogP contribution in [0.4, 0.5) is 22.7 Å². The van der Waals surface area contributed by atoms with Crippen LogP contribution in [0, 0.1) is 0 Å². The molecule has 0 aromatic heterocycles. The molecule has 0 fully saturated rings. The Labute approximate surface area is 362 Å². The van der Waals surface area contributed by atoms with E-state index in [1.54, 1.807) is 12.4 Å². The van der Waals surface area contributed by atoms with Gasteiger partial charge in [-0.3, -0.25) is 19.6 Å². The zero-order valence-corrected chi connectivity index (χ0v) is 35.1. The average molecular weight is 805 g/mol. The predicted molar refractivity (Wildman–Crippen MR) is 262 cm³/mol. The maximum atomic E-state index is 14.1. The first-order valence-corrected chi connectivity index (χ1v) is 20.6. The average Bonchev–Trinajstić information content (AvgIpc) is 3.30. The molecule has 9 rings (SSSR count). The molecular formula is C56H44N4O2. The van der Waals surface area contributed by atoms with E-state index in [1.165, 1.54) is 0 Å². The van der Waals surface area contributed by atoms with Gasteiger partial charge in [0.05, 0.1) is 11.4 Å². The lowest BCUT2D eigenvalue weighted by Gasteiger charge is -2.20. The van der Waals surface area contributed by atoms with Crippen LogP contribution in [0.5, 0.6) is 0 Å². The maximum Gasteiger partial charge on any atom is 0.194 e. The van der Waals surface area contributed by atoms with Gasteiger partial charge in [-0.1, -0.05) is 84.9 Å². The van der Waals surface area contributed by atoms with Gasteiger partial charge >= 0.3 is 0 Å². The lowest BCUT2D eigenvalue weighted by molar-refractivity contribution is 0.0979. The van der Waals surface area contributed by atoms with Gasteiger partial charge in [0.2, 0.25) is 0 Å². The van der Waals surface area contributed by atoms with Crippen molar-refractivity contribution in [1.29, 1.82) is 0 Å². The second-order valence-corrected chi connectivity index (χ2v) is 15.9. The van der Waals surface area contributed by atoms with Gasteiger partial charge in [0, 0.05) is 74.2 Å². The van der Waals surface area contributed by atoms with Crippen LogP contribution in [-0.2, 0) is 0 Å². The molecule has 8 aromatic rings. The number of carbonyl (C=O) groups is 2. The van der Waals surface area contributed by atoms with E-state index in [0.29, 0.717) is 22.3 Å². The van der Waals surface area contributed by atoms with Crippen molar-refractivity contribution >= 4 is 80.4 Å². The molecule has 62 heavy (non-hydrogen) atoms. The Morgan fingerprint density at radius 2 is 0.726 bits per heavy atom. The van der Waals surface area contributed by atoms with Gasteiger partial charge in [-0.25, -0.2) is 0 Å². The molecule has 300 valence electrons. The highest BCUT2D eigenvalue weighted by atomic mass is 16.1. The molecule has 6 nitrogen and oxygen atoms in total. The Balaban J connectivity index is 1.04. The number of aliphatic imine (C=N–C) groups is 2. The fourth-order valence-electron chi connectivity index (χ4n) is 7.90. The molecule has 0 bridgehead atoms. The number of anilines is 2. The molecule has 0 saturated carbocycles. The second-order valence-electron chi connectivity index (χ2n) is 15.9. The third-order valence-electron chi connectivity index (χ3n) is 11.3. The highest BCUT2D eigenvalue weighted by Crippen LogP contribution is 2.40. The molecule has 0 radical (unpaired) electrons. The Morgan fingerprint density at radius 3 is 1.08 bits per heavy atom. The molecule has 1 aliphatic rings. The van der Waals surface area contributed by atoms with E-state index in [4.69, 9.17) is 9.98 Å². The monoisotopic (exact) mass is 804 g/mol. The maximum absolute atomic E-state index is 14.1. The van der Waals surface area contributed by atoms with Gasteiger partial charge in [-0.15, -0.1) is 0 Å². The lowest BCUT2D eigenvalue weighted by atomic mass is 9.81. The van der Waals surface area contributed by atoms with Crippen LogP contribution in [0.1, 0.15) is 43.0 Å². The number of fused-ring (bicyclic) bond motifs is 4. The molecule has 1 aliphatic carbocycles. The highest BCUT2D eigenvalue weighted by molar-refractivity contribution is 6.30. The first kappa shape index (κ1) is 39.5. The van der Waals surface area contributed by atoms with Crippen molar-refractivity contribution in [2.75, 3.05) is 38.0 Å². The SMILES string of the molecule is CN(C)c1ccc(/C=C/C=Nc2ccc(-c3cc4cc5c(cc4cc3-c3ccc(N=C/C=C/c4ccc(N(C)C)cc4)cc3)C(=O)c3cc4ccccc4cc3C5=O)cc2)cc1. The standard InChI is InChI=1S/C56H44N4O2/c1-59(2)47-25-13-37(14-26-47)9-7-29-57-45-21-17-39(18-22-45)49-33-43-35-53-54(56(62)52-32-42-12-6-5-11-41(42)31-51(52)55(53)61)36-44(43)34-50(49)40-19-23-46(24-20-40)58-30-8-10-38-15-27-48(28-16-38)60(3)4/h5-36H,1-4H3/b9-7+,10-8+,57-29?,58-30?. The van der Waals surface area contributed by atoms with Gasteiger partial charge in [0.1, 0.15) is 0 Å². The van der Waals surface area contributed by atoms with E-state index in [1.807, 2.05) is 125 Å². The van der Waals surface area contributed by atoms with Crippen molar-refractivity contribution in [3.63, 3.8) is 0 Å². The third-order valence-corrected chi connectivity index (χ3v) is 11.3. The van der Waals surface area contributed by atoms with Crippen molar-refractivity contribution in [2.24, 2.45) is 9.98 Å². The van der Waals surface area contributed by atoms with E-state index < -0.39 is 0 Å². The van der Waals surface area contributed by atoms with Crippen molar-refractivity contribution in [3.05, 3.63) is 203 Å². The summed E-state index contributed by atoms with van der Waals surface area (Å²) in [5.41, 5.74) is 11.9. The topological polar surface area (TPSA) is 65.3 Å².